The van der Waals surface area contributed by atoms with Crippen molar-refractivity contribution >= 4 is 23.0 Å². The van der Waals surface area contributed by atoms with E-state index in [-0.39, 0.29) is 18.4 Å². The summed E-state index contributed by atoms with van der Waals surface area (Å²) in [6.07, 6.45) is 0.0732. The minimum Gasteiger partial charge on any atom is -0.460 e. The monoisotopic (exact) mass is 489 g/mol. The van der Waals surface area contributed by atoms with E-state index >= 15 is 0 Å². The Morgan fingerprint density at radius 2 is 1.89 bits per heavy atom. The van der Waals surface area contributed by atoms with Gasteiger partial charge in [0.05, 0.1) is 18.2 Å². The molecule has 2 aromatic heterocycles. The summed E-state index contributed by atoms with van der Waals surface area (Å²) in [5, 5.41) is 9.79. The molecular weight excluding hydrogens is 458 g/mol. The van der Waals surface area contributed by atoms with Crippen LogP contribution in [0.25, 0.3) is 5.00 Å². The van der Waals surface area contributed by atoms with Crippen LogP contribution in [0.5, 0.6) is 0 Å². The molecule has 1 aliphatic rings. The van der Waals surface area contributed by atoms with Gasteiger partial charge in [-0.05, 0) is 66.2 Å². The molecule has 7 nitrogen and oxygen atoms in total. The normalized spacial score (nSPS) is 15.8. The summed E-state index contributed by atoms with van der Waals surface area (Å²) < 4.78 is 7.65. The SMILES string of the molecule is Cc1sc2c(c1C)C(c1ccc(C#CC(C)N)cc1)=N[C@@H](CC(=O)OC(C)(C)C)c1nnc(C)n1-2. The number of aryl methyl sites for hydroxylation is 2. The van der Waals surface area contributed by atoms with Gasteiger partial charge < -0.3 is 10.5 Å². The van der Waals surface area contributed by atoms with Gasteiger partial charge in [-0.3, -0.25) is 14.4 Å². The Bertz CT molecular complexity index is 1360. The molecule has 0 fully saturated rings. The van der Waals surface area contributed by atoms with E-state index < -0.39 is 11.6 Å². The standard InChI is InChI=1S/C27H31N5O2S/c1-15(28)8-9-19-10-12-20(13-11-19)24-23-16(2)17(3)35-26(23)32-18(4)30-31-25(32)21(29-24)14-22(33)34-27(5,6)7/h10-13,15,21H,14,28H2,1-7H3/t15?,21-/m0/s1. The van der Waals surface area contributed by atoms with E-state index in [0.29, 0.717) is 5.82 Å². The number of nitrogens with two attached hydrogens (primary N) is 1. The van der Waals surface area contributed by atoms with E-state index in [4.69, 9.17) is 15.5 Å². The Hall–Kier alpha value is -3.28. The first-order valence-corrected chi connectivity index (χ1v) is 12.5. The zero-order chi connectivity index (χ0) is 25.5. The van der Waals surface area contributed by atoms with Crippen molar-refractivity contribution in [3.05, 3.63) is 63.0 Å². The molecule has 3 aromatic rings. The topological polar surface area (TPSA) is 95.4 Å². The fourth-order valence-corrected chi connectivity index (χ4v) is 5.19. The van der Waals surface area contributed by atoms with Crippen molar-refractivity contribution in [2.75, 3.05) is 0 Å². The first-order chi connectivity index (χ1) is 16.4. The van der Waals surface area contributed by atoms with Crippen LogP contribution >= 0.6 is 11.3 Å². The predicted molar refractivity (Wildman–Crippen MR) is 139 cm³/mol. The molecule has 182 valence electrons. The quantitative estimate of drug-likeness (QED) is 0.429. The molecule has 1 aromatic carbocycles. The van der Waals surface area contributed by atoms with Crippen molar-refractivity contribution in [3.8, 4) is 16.8 Å². The van der Waals surface area contributed by atoms with Crippen molar-refractivity contribution in [1.82, 2.24) is 14.8 Å². The molecule has 0 saturated carbocycles. The zero-order valence-electron chi connectivity index (χ0n) is 21.3. The summed E-state index contributed by atoms with van der Waals surface area (Å²) in [6.45, 7) is 13.6. The molecule has 0 aliphatic carbocycles. The fourth-order valence-electron chi connectivity index (χ4n) is 3.97. The predicted octanol–water partition coefficient (Wildman–Crippen LogP) is 4.58. The summed E-state index contributed by atoms with van der Waals surface area (Å²) in [5.74, 6) is 7.17. The Morgan fingerprint density at radius 1 is 1.20 bits per heavy atom. The third-order valence-corrected chi connectivity index (χ3v) is 6.81. The van der Waals surface area contributed by atoms with E-state index in [1.165, 1.54) is 4.88 Å². The van der Waals surface area contributed by atoms with E-state index in [2.05, 4.69) is 35.9 Å². The van der Waals surface area contributed by atoms with Crippen molar-refractivity contribution in [2.24, 2.45) is 10.7 Å². The molecule has 1 aliphatic heterocycles. The lowest BCUT2D eigenvalue weighted by atomic mass is 9.98. The van der Waals surface area contributed by atoms with Gasteiger partial charge in [-0.15, -0.1) is 21.5 Å². The number of carbonyl (C=O) groups is 1. The lowest BCUT2D eigenvalue weighted by Crippen LogP contribution is -2.25. The van der Waals surface area contributed by atoms with Crippen molar-refractivity contribution in [2.45, 2.75) is 72.6 Å². The number of carbonyl (C=O) groups excluding carboxylic acids is 1. The van der Waals surface area contributed by atoms with Crippen LogP contribution in [0, 0.1) is 32.6 Å². The summed E-state index contributed by atoms with van der Waals surface area (Å²) >= 11 is 1.69. The highest BCUT2D eigenvalue weighted by Crippen LogP contribution is 2.39. The van der Waals surface area contributed by atoms with Crippen LogP contribution in [0.2, 0.25) is 0 Å². The van der Waals surface area contributed by atoms with Crippen LogP contribution in [0.15, 0.2) is 29.3 Å². The number of benzene rings is 1. The number of hydrogen-bond acceptors (Lipinski definition) is 7. The van der Waals surface area contributed by atoms with E-state index in [1.807, 2.05) is 63.5 Å². The average molecular weight is 490 g/mol. The van der Waals surface area contributed by atoms with Gasteiger partial charge in [-0.25, -0.2) is 0 Å². The molecule has 35 heavy (non-hydrogen) atoms. The smallest absolute Gasteiger partial charge is 0.308 e. The zero-order valence-corrected chi connectivity index (χ0v) is 22.1. The number of nitrogens with zero attached hydrogens (tertiary/aromatic N) is 4. The van der Waals surface area contributed by atoms with Crippen LogP contribution in [0.1, 0.15) is 78.9 Å². The van der Waals surface area contributed by atoms with Crippen LogP contribution in [0.4, 0.5) is 0 Å². The first kappa shape index (κ1) is 24.8. The number of rotatable bonds is 3. The van der Waals surface area contributed by atoms with E-state index in [0.717, 1.165) is 38.8 Å². The van der Waals surface area contributed by atoms with Gasteiger partial charge in [0.2, 0.25) is 0 Å². The Kier molecular flexibility index (Phi) is 6.67. The summed E-state index contributed by atoms with van der Waals surface area (Å²) in [5.41, 5.74) is 10.0. The number of thiophene rings is 1. The number of esters is 1. The molecule has 4 rings (SSSR count). The maximum Gasteiger partial charge on any atom is 0.308 e. The number of aliphatic imine (C=N–C) groups is 1. The average Bonchev–Trinajstić information content (AvgIpc) is 3.24. The first-order valence-electron chi connectivity index (χ1n) is 11.6. The second-order valence-corrected chi connectivity index (χ2v) is 11.0. The van der Waals surface area contributed by atoms with E-state index in [1.54, 1.807) is 11.3 Å². The van der Waals surface area contributed by atoms with Crippen LogP contribution in [-0.2, 0) is 9.53 Å². The Balaban J connectivity index is 1.86. The van der Waals surface area contributed by atoms with Crippen LogP contribution < -0.4 is 5.73 Å². The second-order valence-electron chi connectivity index (χ2n) is 9.82. The molecule has 2 atom stereocenters. The summed E-state index contributed by atoms with van der Waals surface area (Å²) in [6, 6.07) is 7.26. The van der Waals surface area contributed by atoms with Crippen molar-refractivity contribution in [1.29, 1.82) is 0 Å². The number of aromatic nitrogens is 3. The Morgan fingerprint density at radius 3 is 2.51 bits per heavy atom. The van der Waals surface area contributed by atoms with Gasteiger partial charge in [-0.1, -0.05) is 24.0 Å². The van der Waals surface area contributed by atoms with Crippen LogP contribution in [0.3, 0.4) is 0 Å². The molecule has 0 bridgehead atoms. The minimum atomic E-state index is -0.581. The highest BCUT2D eigenvalue weighted by Gasteiger charge is 2.33. The molecule has 1 unspecified atom stereocenters. The van der Waals surface area contributed by atoms with Gasteiger partial charge in [-0.2, -0.15) is 0 Å². The second kappa shape index (κ2) is 9.40. The molecule has 0 radical (unpaired) electrons. The lowest BCUT2D eigenvalue weighted by molar-refractivity contribution is -0.155. The highest BCUT2D eigenvalue weighted by atomic mass is 32.1. The highest BCUT2D eigenvalue weighted by molar-refractivity contribution is 7.15. The van der Waals surface area contributed by atoms with Gasteiger partial charge in [0, 0.05) is 21.6 Å². The van der Waals surface area contributed by atoms with Gasteiger partial charge in [0.15, 0.2) is 5.82 Å². The van der Waals surface area contributed by atoms with Crippen molar-refractivity contribution < 1.29 is 9.53 Å². The third-order valence-electron chi connectivity index (χ3n) is 5.62. The molecule has 2 N–H and O–H groups in total. The van der Waals surface area contributed by atoms with Gasteiger partial charge in [0.1, 0.15) is 22.5 Å². The summed E-state index contributed by atoms with van der Waals surface area (Å²) in [7, 11) is 0. The maximum atomic E-state index is 12.8. The molecule has 0 saturated heterocycles. The molecular formula is C27H31N5O2S. The third kappa shape index (κ3) is 5.21. The van der Waals surface area contributed by atoms with Crippen molar-refractivity contribution in [3.63, 3.8) is 0 Å². The number of fused-ring (bicyclic) bond motifs is 3. The van der Waals surface area contributed by atoms with Gasteiger partial charge in [0.25, 0.3) is 0 Å². The Labute approximate surface area is 210 Å². The molecule has 8 heteroatoms. The molecule has 0 spiro atoms. The maximum absolute atomic E-state index is 12.8. The van der Waals surface area contributed by atoms with Crippen LogP contribution in [-0.4, -0.2) is 38.1 Å². The van der Waals surface area contributed by atoms with Gasteiger partial charge >= 0.3 is 5.97 Å². The number of ether oxygens (including phenoxy) is 1. The molecule has 3 heterocycles. The summed E-state index contributed by atoms with van der Waals surface area (Å²) in [4.78, 5) is 19.2. The minimum absolute atomic E-state index is 0.0732. The van der Waals surface area contributed by atoms with E-state index in [9.17, 15) is 4.79 Å². The number of hydrogen-bond donors (Lipinski definition) is 1. The molecule has 0 amide bonds. The lowest BCUT2D eigenvalue weighted by Gasteiger charge is -2.21. The largest absolute Gasteiger partial charge is 0.460 e. The fraction of sp³-hybridized carbons (Fsp3) is 0.407.